The Labute approximate surface area is 175 Å². The number of carbonyl (C=O) groups is 3. The van der Waals surface area contributed by atoms with E-state index in [9.17, 15) is 14.4 Å². The summed E-state index contributed by atoms with van der Waals surface area (Å²) in [5.74, 6) is -0.181. The molecule has 2 saturated heterocycles. The van der Waals surface area contributed by atoms with Gasteiger partial charge in [0, 0.05) is 25.1 Å². The molecular formula is C23H25N3O4. The monoisotopic (exact) mass is 407 g/mol. The van der Waals surface area contributed by atoms with Crippen molar-refractivity contribution in [2.24, 2.45) is 0 Å². The predicted octanol–water partition coefficient (Wildman–Crippen LogP) is 2.42. The van der Waals surface area contributed by atoms with Crippen molar-refractivity contribution in [2.45, 2.75) is 50.7 Å². The average molecular weight is 407 g/mol. The first-order valence-corrected chi connectivity index (χ1v) is 10.6. The molecule has 3 amide bonds. The van der Waals surface area contributed by atoms with Crippen LogP contribution in [0.2, 0.25) is 0 Å². The number of carbonyl (C=O) groups excluding carboxylic acids is 3. The number of piperidine rings is 2. The number of likely N-dealkylation sites (tertiary alicyclic amines) is 1. The Morgan fingerprint density at radius 1 is 1.07 bits per heavy atom. The quantitative estimate of drug-likeness (QED) is 0.787. The van der Waals surface area contributed by atoms with Gasteiger partial charge in [-0.1, -0.05) is 12.1 Å². The van der Waals surface area contributed by atoms with Crippen LogP contribution in [-0.2, 0) is 22.7 Å². The second-order valence-electron chi connectivity index (χ2n) is 8.50. The van der Waals surface area contributed by atoms with Crippen molar-refractivity contribution in [3.63, 3.8) is 0 Å². The lowest BCUT2D eigenvalue weighted by Crippen LogP contribution is -2.52. The van der Waals surface area contributed by atoms with Gasteiger partial charge in [0.15, 0.2) is 0 Å². The summed E-state index contributed by atoms with van der Waals surface area (Å²) in [6.45, 7) is 3.36. The highest BCUT2D eigenvalue weighted by Crippen LogP contribution is 2.31. The van der Waals surface area contributed by atoms with E-state index >= 15 is 0 Å². The van der Waals surface area contributed by atoms with Gasteiger partial charge in [-0.05, 0) is 67.1 Å². The van der Waals surface area contributed by atoms with Gasteiger partial charge >= 0.3 is 0 Å². The Hall–Kier alpha value is -2.93. The minimum absolute atomic E-state index is 0.119. The third-order valence-electron chi connectivity index (χ3n) is 6.60. The highest BCUT2D eigenvalue weighted by molar-refractivity contribution is 6.05. The molecule has 156 valence electrons. The zero-order valence-corrected chi connectivity index (χ0v) is 16.8. The van der Waals surface area contributed by atoms with E-state index in [1.165, 1.54) is 11.1 Å². The maximum atomic E-state index is 12.8. The fourth-order valence-electron chi connectivity index (χ4n) is 4.92. The van der Waals surface area contributed by atoms with E-state index in [-0.39, 0.29) is 24.1 Å². The summed E-state index contributed by atoms with van der Waals surface area (Å²) in [4.78, 5) is 40.5. The Kier molecular flexibility index (Phi) is 4.90. The molecule has 1 aromatic carbocycles. The zero-order chi connectivity index (χ0) is 20.7. The number of hydrogen-bond donors (Lipinski definition) is 1. The standard InChI is InChI=1S/C23H25N3O4/c27-21-4-3-20(22(28)24-21)26-13-18-11-15(1-2-19(18)23(26)29)12-25-8-5-16(6-9-25)17-7-10-30-14-17/h1-2,7,10-11,14,16,20H,3-6,8-9,12-13H2,(H,24,27,28). The number of furan rings is 1. The van der Waals surface area contributed by atoms with Crippen LogP contribution >= 0.6 is 0 Å². The van der Waals surface area contributed by atoms with Gasteiger partial charge in [-0.25, -0.2) is 0 Å². The molecular weight excluding hydrogens is 382 g/mol. The van der Waals surface area contributed by atoms with Crippen LogP contribution in [0, 0.1) is 0 Å². The van der Waals surface area contributed by atoms with Crippen molar-refractivity contribution >= 4 is 17.7 Å². The second kappa shape index (κ2) is 7.72. The SMILES string of the molecule is O=C1CCC(N2Cc3cc(CN4CCC(c5ccoc5)CC4)ccc3C2=O)C(=O)N1. The van der Waals surface area contributed by atoms with Gasteiger partial charge in [0.05, 0.1) is 12.5 Å². The minimum Gasteiger partial charge on any atom is -0.472 e. The molecule has 7 heteroatoms. The average Bonchev–Trinajstić information content (AvgIpc) is 3.37. The van der Waals surface area contributed by atoms with Crippen molar-refractivity contribution in [2.75, 3.05) is 13.1 Å². The van der Waals surface area contributed by atoms with E-state index < -0.39 is 6.04 Å². The van der Waals surface area contributed by atoms with Crippen LogP contribution in [0.4, 0.5) is 0 Å². The third-order valence-corrected chi connectivity index (χ3v) is 6.60. The molecule has 7 nitrogen and oxygen atoms in total. The number of nitrogens with one attached hydrogen (secondary N) is 1. The summed E-state index contributed by atoms with van der Waals surface area (Å²) < 4.78 is 5.22. The number of hydrogen-bond acceptors (Lipinski definition) is 5. The predicted molar refractivity (Wildman–Crippen MR) is 108 cm³/mol. The molecule has 0 spiro atoms. The number of benzene rings is 1. The van der Waals surface area contributed by atoms with Crippen LogP contribution in [0.15, 0.2) is 41.2 Å². The Morgan fingerprint density at radius 3 is 2.63 bits per heavy atom. The van der Waals surface area contributed by atoms with Crippen LogP contribution in [0.1, 0.15) is 58.6 Å². The summed E-state index contributed by atoms with van der Waals surface area (Å²) in [6, 6.07) is 7.50. The molecule has 0 radical (unpaired) electrons. The van der Waals surface area contributed by atoms with E-state index in [0.717, 1.165) is 38.0 Å². The first kappa shape index (κ1) is 19.1. The summed E-state index contributed by atoms with van der Waals surface area (Å²) in [6.07, 6.45) is 6.50. The molecule has 3 aliphatic rings. The van der Waals surface area contributed by atoms with E-state index in [2.05, 4.69) is 22.3 Å². The zero-order valence-electron chi connectivity index (χ0n) is 16.8. The Balaban J connectivity index is 1.23. The molecule has 3 aliphatic heterocycles. The van der Waals surface area contributed by atoms with E-state index in [4.69, 9.17) is 4.42 Å². The molecule has 1 unspecified atom stereocenters. The molecule has 1 aromatic heterocycles. The first-order chi connectivity index (χ1) is 14.6. The topological polar surface area (TPSA) is 82.9 Å². The number of rotatable bonds is 4. The van der Waals surface area contributed by atoms with E-state index in [1.807, 2.05) is 18.4 Å². The maximum Gasteiger partial charge on any atom is 0.255 e. The summed E-state index contributed by atoms with van der Waals surface area (Å²) in [5.41, 5.74) is 4.12. The number of nitrogens with zero attached hydrogens (tertiary/aromatic N) is 2. The van der Waals surface area contributed by atoms with Gasteiger partial charge in [0.25, 0.3) is 5.91 Å². The number of imide groups is 1. The largest absolute Gasteiger partial charge is 0.472 e. The summed E-state index contributed by atoms with van der Waals surface area (Å²) in [7, 11) is 0. The van der Waals surface area contributed by atoms with Gasteiger partial charge in [-0.15, -0.1) is 0 Å². The van der Waals surface area contributed by atoms with Crippen molar-refractivity contribution < 1.29 is 18.8 Å². The molecule has 30 heavy (non-hydrogen) atoms. The third kappa shape index (κ3) is 3.54. The summed E-state index contributed by atoms with van der Waals surface area (Å²) >= 11 is 0. The molecule has 2 aromatic rings. The van der Waals surface area contributed by atoms with Gasteiger partial charge in [0.1, 0.15) is 6.04 Å². The first-order valence-electron chi connectivity index (χ1n) is 10.6. The van der Waals surface area contributed by atoms with Gasteiger partial charge < -0.3 is 9.32 Å². The fraction of sp³-hybridized carbons (Fsp3) is 0.435. The van der Waals surface area contributed by atoms with Gasteiger partial charge in [-0.2, -0.15) is 0 Å². The molecule has 1 N–H and O–H groups in total. The molecule has 1 atom stereocenters. The van der Waals surface area contributed by atoms with Crippen LogP contribution in [-0.4, -0.2) is 46.7 Å². The fourth-order valence-corrected chi connectivity index (χ4v) is 4.92. The molecule has 4 heterocycles. The van der Waals surface area contributed by atoms with Crippen molar-refractivity contribution in [3.8, 4) is 0 Å². The van der Waals surface area contributed by atoms with E-state index in [1.54, 1.807) is 11.2 Å². The summed E-state index contributed by atoms with van der Waals surface area (Å²) in [5, 5.41) is 2.35. The van der Waals surface area contributed by atoms with Crippen molar-refractivity contribution in [3.05, 3.63) is 59.0 Å². The van der Waals surface area contributed by atoms with Crippen molar-refractivity contribution in [1.29, 1.82) is 0 Å². The highest BCUT2D eigenvalue weighted by atomic mass is 16.3. The van der Waals surface area contributed by atoms with Crippen LogP contribution < -0.4 is 5.32 Å². The minimum atomic E-state index is -0.562. The Morgan fingerprint density at radius 2 is 1.90 bits per heavy atom. The normalized spacial score (nSPS) is 23.0. The smallest absolute Gasteiger partial charge is 0.255 e. The maximum absolute atomic E-state index is 12.8. The lowest BCUT2D eigenvalue weighted by Gasteiger charge is -2.31. The molecule has 2 fully saturated rings. The second-order valence-corrected chi connectivity index (χ2v) is 8.50. The molecule has 0 bridgehead atoms. The van der Waals surface area contributed by atoms with Gasteiger partial charge in [0.2, 0.25) is 11.8 Å². The van der Waals surface area contributed by atoms with Crippen LogP contribution in [0.3, 0.4) is 0 Å². The Bertz CT molecular complexity index is 976. The van der Waals surface area contributed by atoms with Crippen LogP contribution in [0.25, 0.3) is 0 Å². The van der Waals surface area contributed by atoms with E-state index in [0.29, 0.717) is 24.4 Å². The number of amides is 3. The van der Waals surface area contributed by atoms with Crippen LogP contribution in [0.5, 0.6) is 0 Å². The highest BCUT2D eigenvalue weighted by Gasteiger charge is 2.39. The van der Waals surface area contributed by atoms with Crippen molar-refractivity contribution in [1.82, 2.24) is 15.1 Å². The lowest BCUT2D eigenvalue weighted by molar-refractivity contribution is -0.136. The van der Waals surface area contributed by atoms with Gasteiger partial charge in [-0.3, -0.25) is 24.6 Å². The lowest BCUT2D eigenvalue weighted by atomic mass is 9.91. The molecule has 5 rings (SSSR count). The molecule has 0 aliphatic carbocycles. The number of fused-ring (bicyclic) bond motifs is 1. The molecule has 0 saturated carbocycles.